The van der Waals surface area contributed by atoms with Gasteiger partial charge in [-0.15, -0.1) is 0 Å². The Bertz CT molecular complexity index is 425. The van der Waals surface area contributed by atoms with E-state index in [0.29, 0.717) is 12.2 Å². The van der Waals surface area contributed by atoms with Crippen LogP contribution >= 0.6 is 0 Å². The van der Waals surface area contributed by atoms with Gasteiger partial charge in [-0.1, -0.05) is 12.1 Å². The van der Waals surface area contributed by atoms with Gasteiger partial charge < -0.3 is 15.4 Å². The van der Waals surface area contributed by atoms with Crippen molar-refractivity contribution in [2.24, 2.45) is 5.73 Å². The first-order valence-corrected chi connectivity index (χ1v) is 6.04. The van der Waals surface area contributed by atoms with Crippen molar-refractivity contribution >= 4 is 5.97 Å². The van der Waals surface area contributed by atoms with Crippen molar-refractivity contribution in [1.82, 2.24) is 0 Å². The Morgan fingerprint density at radius 2 is 1.90 bits per heavy atom. The van der Waals surface area contributed by atoms with Crippen LogP contribution in [-0.4, -0.2) is 22.9 Å². The smallest absolute Gasteiger partial charge is 0.323 e. The molecule has 0 aliphatic heterocycles. The SMILES string of the molecule is CC(C)(C)OC(=O)C(N)Cc1ccc(OOOO)cc1. The van der Waals surface area contributed by atoms with E-state index in [1.54, 1.807) is 45.0 Å². The van der Waals surface area contributed by atoms with E-state index in [1.165, 1.54) is 0 Å². The van der Waals surface area contributed by atoms with Gasteiger partial charge in [0, 0.05) is 5.04 Å². The maximum absolute atomic E-state index is 11.7. The molecule has 7 heteroatoms. The van der Waals surface area contributed by atoms with Crippen molar-refractivity contribution in [3.63, 3.8) is 0 Å². The van der Waals surface area contributed by atoms with Crippen LogP contribution in [0.4, 0.5) is 0 Å². The summed E-state index contributed by atoms with van der Waals surface area (Å²) in [5.74, 6) is -0.122. The number of hydrogen-bond acceptors (Lipinski definition) is 7. The molecule has 0 amide bonds. The van der Waals surface area contributed by atoms with Gasteiger partial charge in [-0.25, -0.2) is 5.26 Å². The zero-order valence-corrected chi connectivity index (χ0v) is 11.7. The lowest BCUT2D eigenvalue weighted by molar-refractivity contribution is -0.594. The van der Waals surface area contributed by atoms with E-state index >= 15 is 0 Å². The molecule has 0 aliphatic carbocycles. The topological polar surface area (TPSA) is 100 Å². The van der Waals surface area contributed by atoms with Crippen molar-refractivity contribution in [3.05, 3.63) is 29.8 Å². The molecule has 0 spiro atoms. The lowest BCUT2D eigenvalue weighted by atomic mass is 10.1. The number of ether oxygens (including phenoxy) is 1. The third kappa shape index (κ3) is 5.98. The predicted octanol–water partition coefficient (Wildman–Crippen LogP) is 1.61. The van der Waals surface area contributed by atoms with Crippen LogP contribution in [0.3, 0.4) is 0 Å². The van der Waals surface area contributed by atoms with Crippen LogP contribution in [0.15, 0.2) is 24.3 Å². The molecular formula is C13H19NO6. The van der Waals surface area contributed by atoms with Gasteiger partial charge in [0.05, 0.1) is 0 Å². The summed E-state index contributed by atoms with van der Waals surface area (Å²) >= 11 is 0. The molecule has 1 rings (SSSR count). The minimum Gasteiger partial charge on any atom is -0.459 e. The van der Waals surface area contributed by atoms with Gasteiger partial charge in [0.15, 0.2) is 5.75 Å². The largest absolute Gasteiger partial charge is 0.459 e. The predicted molar refractivity (Wildman–Crippen MR) is 69.4 cm³/mol. The van der Waals surface area contributed by atoms with Crippen LogP contribution in [-0.2, 0) is 26.0 Å². The number of carbonyl (C=O) groups is 1. The van der Waals surface area contributed by atoms with Gasteiger partial charge in [0.1, 0.15) is 11.6 Å². The molecule has 0 fully saturated rings. The van der Waals surface area contributed by atoms with E-state index in [4.69, 9.17) is 15.7 Å². The zero-order chi connectivity index (χ0) is 15.2. The lowest BCUT2D eigenvalue weighted by Gasteiger charge is -2.22. The minimum absolute atomic E-state index is 0.327. The van der Waals surface area contributed by atoms with Crippen LogP contribution in [0.25, 0.3) is 0 Å². The molecule has 0 heterocycles. The first-order chi connectivity index (χ1) is 9.31. The molecule has 0 aromatic heterocycles. The Kier molecular flexibility index (Phi) is 5.90. The van der Waals surface area contributed by atoms with E-state index in [2.05, 4.69) is 15.0 Å². The second kappa shape index (κ2) is 7.20. The van der Waals surface area contributed by atoms with Crippen LogP contribution < -0.4 is 10.6 Å². The highest BCUT2D eigenvalue weighted by atomic mass is 17.6. The van der Waals surface area contributed by atoms with Crippen LogP contribution in [0.5, 0.6) is 5.75 Å². The highest BCUT2D eigenvalue weighted by molar-refractivity contribution is 5.76. The number of rotatable bonds is 6. The quantitative estimate of drug-likeness (QED) is 0.465. The molecule has 1 atom stereocenters. The molecule has 3 N–H and O–H groups in total. The summed E-state index contributed by atoms with van der Waals surface area (Å²) in [4.78, 5) is 16.3. The van der Waals surface area contributed by atoms with Gasteiger partial charge in [0.2, 0.25) is 0 Å². The summed E-state index contributed by atoms with van der Waals surface area (Å²) in [5.41, 5.74) is 6.06. The van der Waals surface area contributed by atoms with Crippen molar-refractivity contribution in [1.29, 1.82) is 0 Å². The van der Waals surface area contributed by atoms with Gasteiger partial charge in [0.25, 0.3) is 0 Å². The maximum Gasteiger partial charge on any atom is 0.323 e. The standard InChI is InChI=1S/C13H19NO6/c1-13(2,3)17-12(15)11(14)8-9-4-6-10(7-5-9)18-20-19-16/h4-7,11,16H,8,14H2,1-3H3. The van der Waals surface area contributed by atoms with Crippen molar-refractivity contribution in [2.45, 2.75) is 38.8 Å². The Morgan fingerprint density at radius 1 is 1.30 bits per heavy atom. The van der Waals surface area contributed by atoms with Crippen molar-refractivity contribution in [3.8, 4) is 5.75 Å². The fourth-order valence-corrected chi connectivity index (χ4v) is 1.45. The first kappa shape index (κ1) is 16.4. The Balaban J connectivity index is 2.53. The van der Waals surface area contributed by atoms with E-state index in [1.807, 2.05) is 0 Å². The van der Waals surface area contributed by atoms with Crippen molar-refractivity contribution in [2.75, 3.05) is 0 Å². The summed E-state index contributed by atoms with van der Waals surface area (Å²) in [6, 6.07) is 5.84. The van der Waals surface area contributed by atoms with Gasteiger partial charge in [-0.2, -0.15) is 0 Å². The van der Waals surface area contributed by atoms with Gasteiger partial charge >= 0.3 is 5.97 Å². The molecule has 0 radical (unpaired) electrons. The Morgan fingerprint density at radius 3 is 2.40 bits per heavy atom. The lowest BCUT2D eigenvalue weighted by Crippen LogP contribution is -2.38. The number of carbonyl (C=O) groups excluding carboxylic acids is 1. The molecule has 20 heavy (non-hydrogen) atoms. The summed E-state index contributed by atoms with van der Waals surface area (Å²) in [7, 11) is 0. The molecule has 7 nitrogen and oxygen atoms in total. The van der Waals surface area contributed by atoms with Crippen LogP contribution in [0.2, 0.25) is 0 Å². The fraction of sp³-hybridized carbons (Fsp3) is 0.462. The normalized spacial score (nSPS) is 12.8. The molecule has 1 unspecified atom stereocenters. The molecule has 112 valence electrons. The Hall–Kier alpha value is -1.67. The van der Waals surface area contributed by atoms with E-state index in [9.17, 15) is 4.79 Å². The summed E-state index contributed by atoms with van der Waals surface area (Å²) in [5, 5.41) is 15.1. The summed E-state index contributed by atoms with van der Waals surface area (Å²) in [6.45, 7) is 5.35. The third-order valence-corrected chi connectivity index (χ3v) is 2.25. The summed E-state index contributed by atoms with van der Waals surface area (Å²) < 4.78 is 5.20. The van der Waals surface area contributed by atoms with Crippen molar-refractivity contribution < 1.29 is 29.8 Å². The molecule has 1 aromatic carbocycles. The molecule has 0 bridgehead atoms. The number of hydrogen-bond donors (Lipinski definition) is 2. The average molecular weight is 285 g/mol. The molecular weight excluding hydrogens is 266 g/mol. The minimum atomic E-state index is -0.738. The fourth-order valence-electron chi connectivity index (χ4n) is 1.45. The Labute approximate surface area is 117 Å². The van der Waals surface area contributed by atoms with E-state index in [-0.39, 0.29) is 0 Å². The third-order valence-electron chi connectivity index (χ3n) is 2.25. The van der Waals surface area contributed by atoms with Crippen LogP contribution in [0, 0.1) is 0 Å². The van der Waals surface area contributed by atoms with E-state index < -0.39 is 17.6 Å². The molecule has 0 aliphatic rings. The van der Waals surface area contributed by atoms with Gasteiger partial charge in [-0.05, 0) is 49.9 Å². The molecule has 1 aromatic rings. The second-order valence-electron chi connectivity index (χ2n) is 5.21. The first-order valence-electron chi connectivity index (χ1n) is 6.04. The van der Waals surface area contributed by atoms with E-state index in [0.717, 1.165) is 5.56 Å². The van der Waals surface area contributed by atoms with Gasteiger partial charge in [-0.3, -0.25) is 4.79 Å². The molecule has 0 saturated heterocycles. The van der Waals surface area contributed by atoms with Crippen LogP contribution in [0.1, 0.15) is 26.3 Å². The summed E-state index contributed by atoms with van der Waals surface area (Å²) in [6.07, 6.45) is 0.340. The second-order valence-corrected chi connectivity index (χ2v) is 5.21. The highest BCUT2D eigenvalue weighted by Crippen LogP contribution is 2.15. The average Bonchev–Trinajstić information content (AvgIpc) is 2.36. The maximum atomic E-state index is 11.7. The number of benzene rings is 1. The monoisotopic (exact) mass is 285 g/mol. The zero-order valence-electron chi connectivity index (χ0n) is 11.7. The number of nitrogens with two attached hydrogens (primary N) is 1. The highest BCUT2D eigenvalue weighted by Gasteiger charge is 2.22. The molecule has 0 saturated carbocycles. The number of esters is 1.